The van der Waals surface area contributed by atoms with E-state index in [0.29, 0.717) is 22.3 Å². The molecule has 10 heteroatoms. The summed E-state index contributed by atoms with van der Waals surface area (Å²) in [5, 5.41) is 4.40. The lowest BCUT2D eigenvalue weighted by Gasteiger charge is -2.23. The number of nitrogens with one attached hydrogen (secondary N) is 2. The summed E-state index contributed by atoms with van der Waals surface area (Å²) in [5.41, 5.74) is 1.41. The van der Waals surface area contributed by atoms with Gasteiger partial charge in [-0.3, -0.25) is 4.90 Å². The van der Waals surface area contributed by atoms with Crippen molar-refractivity contribution >= 4 is 28.5 Å². The number of aromatic nitrogens is 4. The van der Waals surface area contributed by atoms with Gasteiger partial charge in [0.2, 0.25) is 0 Å². The highest BCUT2D eigenvalue weighted by atomic mass is 35.5. The molecule has 27 heavy (non-hydrogen) atoms. The van der Waals surface area contributed by atoms with E-state index in [4.69, 9.17) is 11.6 Å². The molecule has 0 aromatic carbocycles. The smallest absolute Gasteiger partial charge is 0.366 e. The third-order valence-corrected chi connectivity index (χ3v) is 4.03. The van der Waals surface area contributed by atoms with E-state index in [1.54, 1.807) is 37.6 Å². The second kappa shape index (κ2) is 7.69. The fraction of sp³-hybridized carbons (Fsp3) is 0.353. The van der Waals surface area contributed by atoms with E-state index in [1.165, 1.54) is 11.9 Å². The Labute approximate surface area is 160 Å². The predicted octanol–water partition coefficient (Wildman–Crippen LogP) is 4.21. The number of fused-ring (bicyclic) bond motifs is 1. The third kappa shape index (κ3) is 5.08. The molecule has 0 aliphatic rings. The average Bonchev–Trinajstić information content (AvgIpc) is 2.96. The van der Waals surface area contributed by atoms with Crippen LogP contribution in [0.1, 0.15) is 8.35 Å². The van der Waals surface area contributed by atoms with Gasteiger partial charge in [0.25, 0.3) is 0 Å². The maximum atomic E-state index is 12.4. The van der Waals surface area contributed by atoms with Gasteiger partial charge in [-0.05, 0) is 26.1 Å². The number of halogens is 4. The van der Waals surface area contributed by atoms with Crippen LogP contribution >= 0.6 is 11.6 Å². The Bertz CT molecular complexity index is 933. The second-order valence-electron chi connectivity index (χ2n) is 6.37. The third-order valence-electron chi connectivity index (χ3n) is 3.82. The minimum Gasteiger partial charge on any atom is -0.366 e. The lowest BCUT2D eigenvalue weighted by Crippen LogP contribution is -2.38. The van der Waals surface area contributed by atoms with E-state index in [9.17, 15) is 13.2 Å². The van der Waals surface area contributed by atoms with Crippen LogP contribution in [0.25, 0.3) is 22.4 Å². The van der Waals surface area contributed by atoms with E-state index in [1.807, 2.05) is 0 Å². The summed E-state index contributed by atoms with van der Waals surface area (Å²) in [6.45, 7) is 1.05. The first-order valence-corrected chi connectivity index (χ1v) is 8.57. The monoisotopic (exact) mass is 400 g/mol. The lowest BCUT2D eigenvalue weighted by atomic mass is 10.2. The first-order valence-electron chi connectivity index (χ1n) is 8.19. The number of H-pyrrole nitrogens is 1. The molecule has 3 heterocycles. The highest BCUT2D eigenvalue weighted by Crippen LogP contribution is 2.27. The number of nitrogens with zero attached hydrogens (tertiary/aromatic N) is 4. The zero-order valence-corrected chi connectivity index (χ0v) is 15.4. The van der Waals surface area contributed by atoms with Gasteiger partial charge in [0, 0.05) is 43.6 Å². The van der Waals surface area contributed by atoms with E-state index < -0.39 is 12.7 Å². The minimum absolute atomic E-state index is 0. The van der Waals surface area contributed by atoms with E-state index >= 15 is 0 Å². The van der Waals surface area contributed by atoms with Crippen LogP contribution in [0, 0.1) is 0 Å². The van der Waals surface area contributed by atoms with Crippen LogP contribution in [0.3, 0.4) is 0 Å². The Balaban J connectivity index is 0.00000280. The molecular formula is C17H20ClF3N6. The van der Waals surface area contributed by atoms with Gasteiger partial charge < -0.3 is 10.3 Å². The molecule has 0 unspecified atom stereocenters. The van der Waals surface area contributed by atoms with Crippen molar-refractivity contribution in [2.24, 2.45) is 0 Å². The summed E-state index contributed by atoms with van der Waals surface area (Å²) < 4.78 is 37.3. The largest absolute Gasteiger partial charge is 0.401 e. The number of alkyl halides is 3. The Morgan fingerprint density at radius 2 is 2.15 bits per heavy atom. The molecule has 146 valence electrons. The lowest BCUT2D eigenvalue weighted by molar-refractivity contribution is -0.143. The summed E-state index contributed by atoms with van der Waals surface area (Å²) in [7, 11) is 1.43. The van der Waals surface area contributed by atoms with Crippen molar-refractivity contribution in [1.82, 2.24) is 24.8 Å². The molecule has 0 bridgehead atoms. The van der Waals surface area contributed by atoms with Gasteiger partial charge in [0.1, 0.15) is 11.5 Å². The van der Waals surface area contributed by atoms with Crippen LogP contribution in [0.4, 0.5) is 19.0 Å². The Morgan fingerprint density at radius 1 is 1.37 bits per heavy atom. The number of aromatic amines is 1. The van der Waals surface area contributed by atoms with Gasteiger partial charge in [-0.2, -0.15) is 13.2 Å². The normalized spacial score (nSPS) is 13.3. The first kappa shape index (κ1) is 19.4. The highest BCUT2D eigenvalue weighted by molar-refractivity contribution is 6.31. The molecule has 0 saturated heterocycles. The predicted molar refractivity (Wildman–Crippen MR) is 101 cm³/mol. The number of anilines is 1. The van der Waals surface area contributed by atoms with Crippen LogP contribution in [-0.2, 0) is 0 Å². The maximum absolute atomic E-state index is 12.4. The molecule has 1 atom stereocenters. The minimum atomic E-state index is -4.22. The molecule has 0 aliphatic carbocycles. The number of pyridine rings is 1. The zero-order chi connectivity index (χ0) is 19.6. The van der Waals surface area contributed by atoms with Crippen LogP contribution in [0.5, 0.6) is 0 Å². The van der Waals surface area contributed by atoms with Gasteiger partial charge in [-0.15, -0.1) is 0 Å². The second-order valence-corrected chi connectivity index (χ2v) is 6.81. The van der Waals surface area contributed by atoms with Crippen LogP contribution in [-0.4, -0.2) is 57.2 Å². The van der Waals surface area contributed by atoms with E-state index in [0.717, 1.165) is 10.9 Å². The van der Waals surface area contributed by atoms with Crippen LogP contribution in [0.2, 0.25) is 5.02 Å². The molecule has 2 N–H and O–H groups in total. The molecule has 6 nitrogen and oxygen atoms in total. The fourth-order valence-corrected chi connectivity index (χ4v) is 3.03. The Kier molecular flexibility index (Phi) is 5.52. The maximum Gasteiger partial charge on any atom is 0.401 e. The molecule has 0 fully saturated rings. The Morgan fingerprint density at radius 3 is 2.89 bits per heavy atom. The number of rotatable bonds is 6. The van der Waals surface area contributed by atoms with E-state index in [-0.39, 0.29) is 14.0 Å². The van der Waals surface area contributed by atoms with Gasteiger partial charge in [0.05, 0.1) is 11.6 Å². The van der Waals surface area contributed by atoms with Gasteiger partial charge in [-0.25, -0.2) is 15.0 Å². The van der Waals surface area contributed by atoms with Crippen molar-refractivity contribution in [3.8, 4) is 11.4 Å². The summed E-state index contributed by atoms with van der Waals surface area (Å²) in [6.07, 6.45) is 0.657. The van der Waals surface area contributed by atoms with Gasteiger partial charge in [-0.1, -0.05) is 11.6 Å². The van der Waals surface area contributed by atoms with Crippen molar-refractivity contribution < 1.29 is 14.6 Å². The molecule has 3 rings (SSSR count). The molecule has 0 saturated carbocycles. The topological polar surface area (TPSA) is 69.7 Å². The van der Waals surface area contributed by atoms with Crippen LogP contribution < -0.4 is 5.32 Å². The standard InChI is InChI=1S/C17H18ClF3N6.H2/c1-10(8-27(2)9-17(19,20)21)25-14-3-4-22-16(26-14)13-7-24-15-12(13)5-11(18)6-23-15;/h3-7,10H,8-9H2,1-2H3,(H,23,24)(H,22,25,26);1H/t10-;/m1./s1. The molecule has 0 spiro atoms. The summed E-state index contributed by atoms with van der Waals surface area (Å²) >= 11 is 6.02. The summed E-state index contributed by atoms with van der Waals surface area (Å²) in [4.78, 5) is 17.2. The van der Waals surface area contributed by atoms with Gasteiger partial charge >= 0.3 is 6.18 Å². The molecule has 3 aromatic rings. The SMILES string of the molecule is C[C@H](CN(C)CC(F)(F)F)Nc1ccnc(-c2c[nH]c3ncc(Cl)cc23)n1.[HH]. The highest BCUT2D eigenvalue weighted by Gasteiger charge is 2.29. The number of hydrogen-bond acceptors (Lipinski definition) is 5. The van der Waals surface area contributed by atoms with Crippen molar-refractivity contribution in [3.63, 3.8) is 0 Å². The van der Waals surface area contributed by atoms with Crippen molar-refractivity contribution in [3.05, 3.63) is 35.7 Å². The van der Waals surface area contributed by atoms with Gasteiger partial charge in [0.15, 0.2) is 5.82 Å². The fourth-order valence-electron chi connectivity index (χ4n) is 2.87. The summed E-state index contributed by atoms with van der Waals surface area (Å²) in [5.74, 6) is 0.989. The summed E-state index contributed by atoms with van der Waals surface area (Å²) in [6, 6.07) is 3.21. The van der Waals surface area contributed by atoms with Crippen molar-refractivity contribution in [2.75, 3.05) is 25.5 Å². The van der Waals surface area contributed by atoms with E-state index in [2.05, 4.69) is 25.3 Å². The first-order chi connectivity index (χ1) is 12.7. The van der Waals surface area contributed by atoms with Crippen molar-refractivity contribution in [2.45, 2.75) is 19.1 Å². The quantitative estimate of drug-likeness (QED) is 0.648. The molecule has 0 radical (unpaired) electrons. The van der Waals surface area contributed by atoms with Crippen molar-refractivity contribution in [1.29, 1.82) is 0 Å². The number of hydrogen-bond donors (Lipinski definition) is 2. The molecule has 0 amide bonds. The molecular weight excluding hydrogens is 381 g/mol. The molecule has 3 aromatic heterocycles. The Hall–Kier alpha value is -2.39. The average molecular weight is 401 g/mol. The number of likely N-dealkylation sites (N-methyl/N-ethyl adjacent to an activating group) is 1. The zero-order valence-electron chi connectivity index (χ0n) is 14.7. The molecule has 0 aliphatic heterocycles. The van der Waals surface area contributed by atoms with Crippen LogP contribution in [0.15, 0.2) is 30.7 Å².